The Morgan fingerprint density at radius 3 is 2.22 bits per heavy atom. The second-order valence-electron chi connectivity index (χ2n) is 12.0. The highest BCUT2D eigenvalue weighted by atomic mass is 32.8. The number of unbranched alkanes of at least 4 members (excludes halogenated alkanes) is 11. The number of nitrogens with one attached hydrogen (secondary N) is 1. The third kappa shape index (κ3) is 16.2. The first-order valence-electron chi connectivity index (χ1n) is 16.6. The van der Waals surface area contributed by atoms with Gasteiger partial charge in [0.2, 0.25) is 0 Å². The molecule has 2 aromatic heterocycles. The minimum Gasteiger partial charge on any atom is -0.462 e. The smallest absolute Gasteiger partial charge is 0.323 e. The number of nitrogen functional groups attached to an aromatic ring is 1. The van der Waals surface area contributed by atoms with Gasteiger partial charge in [-0.15, -0.1) is 9.45 Å². The molecule has 11 nitrogen and oxygen atoms in total. The minimum atomic E-state index is -3.57. The van der Waals surface area contributed by atoms with Gasteiger partial charge < -0.3 is 24.3 Å². The van der Waals surface area contributed by atoms with Crippen molar-refractivity contribution in [1.82, 2.24) is 24.6 Å². The molecule has 0 aliphatic carbocycles. The van der Waals surface area contributed by atoms with Crippen molar-refractivity contribution < 1.29 is 23.4 Å². The monoisotopic (exact) mass is 688 g/mol. The van der Waals surface area contributed by atoms with Gasteiger partial charge in [-0.3, -0.25) is 9.36 Å². The quantitative estimate of drug-likeness (QED) is 0.0620. The number of nitrogens with zero attached hydrogens (tertiary/aromatic N) is 4. The van der Waals surface area contributed by atoms with Crippen LogP contribution in [0.2, 0.25) is 0 Å². The van der Waals surface area contributed by atoms with Crippen molar-refractivity contribution in [2.75, 3.05) is 30.2 Å². The number of esters is 1. The summed E-state index contributed by atoms with van der Waals surface area (Å²) >= 11 is 5.70. The minimum absolute atomic E-state index is 0.221. The molecule has 3 N–H and O–H groups in total. The molecule has 0 fully saturated rings. The van der Waals surface area contributed by atoms with Crippen LogP contribution in [0.1, 0.15) is 112 Å². The van der Waals surface area contributed by atoms with E-state index in [0.29, 0.717) is 29.3 Å². The van der Waals surface area contributed by atoms with Crippen molar-refractivity contribution in [1.29, 1.82) is 0 Å². The standard InChI is InChI=1S/C31H57N6O5PS2/c1-6-7-8-9-10-11-12-13-14-15-16-17-19-45(44)20-18-41-43(39,36-27(5)31(38)42-25(2)3)24-40-26(4)21-37-23-35-28-29(32)33-22-34-30(28)37/h22-23,25-27H,6-21,24H2,1-5H3,(H,36,39)(H2,32,33,34)/t26-,27+,43?,45?/m1/s1. The Morgan fingerprint density at radius 2 is 1.60 bits per heavy atom. The van der Waals surface area contributed by atoms with E-state index in [4.69, 9.17) is 30.9 Å². The highest BCUT2D eigenvalue weighted by Crippen LogP contribution is 2.43. The van der Waals surface area contributed by atoms with E-state index in [2.05, 4.69) is 27.0 Å². The fourth-order valence-corrected chi connectivity index (χ4v) is 8.30. The first-order valence-corrected chi connectivity index (χ1v) is 20.9. The van der Waals surface area contributed by atoms with Crippen LogP contribution in [0.4, 0.5) is 5.82 Å². The van der Waals surface area contributed by atoms with Crippen LogP contribution in [-0.4, -0.2) is 68.2 Å². The van der Waals surface area contributed by atoms with Gasteiger partial charge in [-0.25, -0.2) is 20.0 Å². The molecule has 0 radical (unpaired) electrons. The molecular formula is C31H57N6O5PS2. The van der Waals surface area contributed by atoms with E-state index in [1.54, 1.807) is 31.7 Å². The predicted molar refractivity (Wildman–Crippen MR) is 188 cm³/mol. The lowest BCUT2D eigenvalue weighted by Gasteiger charge is -2.25. The Hall–Kier alpha value is -1.50. The zero-order valence-corrected chi connectivity index (χ0v) is 30.6. The maximum Gasteiger partial charge on any atom is 0.323 e. The molecule has 0 saturated carbocycles. The van der Waals surface area contributed by atoms with Crippen LogP contribution in [0.25, 0.3) is 11.2 Å². The lowest BCUT2D eigenvalue weighted by molar-refractivity contribution is -0.149. The van der Waals surface area contributed by atoms with E-state index >= 15 is 0 Å². The van der Waals surface area contributed by atoms with E-state index in [9.17, 15) is 9.36 Å². The van der Waals surface area contributed by atoms with Crippen LogP contribution in [0.5, 0.6) is 0 Å². The van der Waals surface area contributed by atoms with E-state index in [0.717, 1.165) is 12.2 Å². The number of anilines is 1. The maximum atomic E-state index is 13.9. The molecule has 14 heteroatoms. The molecule has 4 atom stereocenters. The Kier molecular flexibility index (Phi) is 19.5. The first-order chi connectivity index (χ1) is 21.5. The van der Waals surface area contributed by atoms with E-state index in [1.807, 2.05) is 6.92 Å². The Labute approximate surface area is 277 Å². The number of aromatic nitrogens is 4. The van der Waals surface area contributed by atoms with Crippen molar-refractivity contribution >= 4 is 51.1 Å². The number of nitrogens with two attached hydrogens (primary N) is 1. The summed E-state index contributed by atoms with van der Waals surface area (Å²) in [6, 6.07) is -0.836. The van der Waals surface area contributed by atoms with Crippen LogP contribution in [0.3, 0.4) is 0 Å². The van der Waals surface area contributed by atoms with Crippen LogP contribution < -0.4 is 10.8 Å². The van der Waals surface area contributed by atoms with E-state index in [-0.39, 0.29) is 34.6 Å². The normalized spacial score (nSPS) is 15.2. The molecule has 0 aliphatic rings. The molecule has 2 rings (SSSR count). The van der Waals surface area contributed by atoms with E-state index in [1.165, 1.54) is 77.0 Å². The topological polar surface area (TPSA) is 143 Å². The van der Waals surface area contributed by atoms with Gasteiger partial charge in [0, 0.05) is 5.75 Å². The van der Waals surface area contributed by atoms with E-state index < -0.39 is 19.5 Å². The second-order valence-corrected chi connectivity index (χ2v) is 17.2. The number of carbonyl (C=O) groups is 1. The number of hydrogen-bond donors (Lipinski definition) is 2. The summed E-state index contributed by atoms with van der Waals surface area (Å²) in [6.45, 7) is 9.88. The highest BCUT2D eigenvalue weighted by molar-refractivity contribution is 8.28. The molecule has 0 saturated heterocycles. The Balaban J connectivity index is 1.77. The second kappa shape index (κ2) is 22.1. The number of hydrogen-bond acceptors (Lipinski definition) is 10. The summed E-state index contributed by atoms with van der Waals surface area (Å²) in [5.74, 6) is 1.39. The van der Waals surface area contributed by atoms with Gasteiger partial charge in [0.1, 0.15) is 24.2 Å². The Bertz CT molecular complexity index is 1200. The van der Waals surface area contributed by atoms with Gasteiger partial charge >= 0.3 is 5.97 Å². The van der Waals surface area contributed by atoms with Crippen molar-refractivity contribution in [2.45, 2.75) is 136 Å². The first kappa shape index (κ1) is 39.7. The van der Waals surface area contributed by atoms with Crippen molar-refractivity contribution in [2.24, 2.45) is 0 Å². The molecule has 0 bridgehead atoms. The zero-order chi connectivity index (χ0) is 33.1. The molecule has 258 valence electrons. The summed E-state index contributed by atoms with van der Waals surface area (Å²) in [7, 11) is -3.83. The number of ether oxygens (including phenoxy) is 2. The third-order valence-electron chi connectivity index (χ3n) is 7.34. The molecule has 0 spiro atoms. The fourth-order valence-electron chi connectivity index (χ4n) is 4.87. The van der Waals surface area contributed by atoms with Gasteiger partial charge in [-0.05, 0) is 39.9 Å². The number of fused-ring (bicyclic) bond motifs is 1. The number of carbonyl (C=O) groups excluding carboxylic acids is 1. The van der Waals surface area contributed by atoms with Gasteiger partial charge in [0.05, 0.1) is 31.7 Å². The van der Waals surface area contributed by atoms with Crippen molar-refractivity contribution in [3.8, 4) is 0 Å². The molecule has 0 amide bonds. The maximum absolute atomic E-state index is 13.9. The van der Waals surface area contributed by atoms with Crippen molar-refractivity contribution in [3.63, 3.8) is 0 Å². The lowest BCUT2D eigenvalue weighted by Crippen LogP contribution is -2.36. The summed E-state index contributed by atoms with van der Waals surface area (Å²) < 4.78 is 32.9. The molecule has 2 aromatic rings. The molecule has 0 aromatic carbocycles. The van der Waals surface area contributed by atoms with Gasteiger partial charge in [-0.1, -0.05) is 88.7 Å². The number of rotatable bonds is 26. The van der Waals surface area contributed by atoms with Crippen LogP contribution in [-0.2, 0) is 50.5 Å². The molecule has 2 heterocycles. The van der Waals surface area contributed by atoms with Gasteiger partial charge in [0.15, 0.2) is 11.5 Å². The summed E-state index contributed by atoms with van der Waals surface area (Å²) in [4.78, 5) is 25.0. The fraction of sp³-hybridized carbons (Fsp3) is 0.806. The largest absolute Gasteiger partial charge is 0.462 e. The molecule has 0 aliphatic heterocycles. The highest BCUT2D eigenvalue weighted by Gasteiger charge is 2.31. The number of imidazole rings is 1. The Morgan fingerprint density at radius 1 is 0.978 bits per heavy atom. The summed E-state index contributed by atoms with van der Waals surface area (Å²) in [5.41, 5.74) is 7.00. The average Bonchev–Trinajstić information content (AvgIpc) is 3.40. The van der Waals surface area contributed by atoms with Gasteiger partial charge in [0.25, 0.3) is 7.52 Å². The molecule has 45 heavy (non-hydrogen) atoms. The molecular weight excluding hydrogens is 631 g/mol. The SMILES string of the molecule is CCCCCCCCCCCCCCS(=S)CCOP(=O)(CO[C@H](C)Cn1cnc2c(N)ncnc21)N[C@@H](C)C(=O)OC(C)C. The average molecular weight is 689 g/mol. The summed E-state index contributed by atoms with van der Waals surface area (Å²) in [6.07, 6.45) is 17.9. The summed E-state index contributed by atoms with van der Waals surface area (Å²) in [5, 5.41) is 2.86. The van der Waals surface area contributed by atoms with Crippen LogP contribution in [0.15, 0.2) is 12.7 Å². The van der Waals surface area contributed by atoms with Gasteiger partial charge in [-0.2, -0.15) is 0 Å². The third-order valence-corrected chi connectivity index (χ3v) is 11.6. The van der Waals surface area contributed by atoms with Crippen molar-refractivity contribution in [3.05, 3.63) is 12.7 Å². The predicted octanol–water partition coefficient (Wildman–Crippen LogP) is 6.69. The molecule has 2 unspecified atom stereocenters. The van der Waals surface area contributed by atoms with Crippen LogP contribution in [0, 0.1) is 0 Å². The zero-order valence-electron chi connectivity index (χ0n) is 28.1. The lowest BCUT2D eigenvalue weighted by atomic mass is 10.1. The van der Waals surface area contributed by atoms with Crippen LogP contribution >= 0.6 is 7.52 Å².